The van der Waals surface area contributed by atoms with Crippen LogP contribution in [0.3, 0.4) is 0 Å². The number of carbonyl (C=O) groups excluding carboxylic acids is 1. The zero-order valence-electron chi connectivity index (χ0n) is 10.2. The summed E-state index contributed by atoms with van der Waals surface area (Å²) in [5, 5.41) is 13.9. The maximum atomic E-state index is 11.9. The van der Waals surface area contributed by atoms with Gasteiger partial charge in [0.05, 0.1) is 11.1 Å². The van der Waals surface area contributed by atoms with E-state index in [9.17, 15) is 4.79 Å². The van der Waals surface area contributed by atoms with Crippen molar-refractivity contribution in [2.45, 2.75) is 18.9 Å². The topological polar surface area (TPSA) is 95.8 Å². The van der Waals surface area contributed by atoms with Gasteiger partial charge in [0.2, 0.25) is 5.89 Å². The van der Waals surface area contributed by atoms with Crippen LogP contribution in [0.1, 0.15) is 35.3 Å². The Morgan fingerprint density at radius 3 is 2.95 bits per heavy atom. The first kappa shape index (κ1) is 13.4. The number of anilines is 1. The van der Waals surface area contributed by atoms with E-state index >= 15 is 0 Å². The first-order chi connectivity index (χ1) is 9.63. The van der Waals surface area contributed by atoms with E-state index in [0.29, 0.717) is 5.89 Å². The number of aromatic nitrogens is 3. The van der Waals surface area contributed by atoms with Crippen molar-refractivity contribution < 1.29 is 9.21 Å². The smallest absolute Gasteiger partial charge is 0.322 e. The van der Waals surface area contributed by atoms with Crippen LogP contribution < -0.4 is 10.6 Å². The monoisotopic (exact) mass is 315 g/mol. The second-order valence-corrected chi connectivity index (χ2v) is 5.18. The van der Waals surface area contributed by atoms with Gasteiger partial charge in [-0.3, -0.25) is 10.1 Å². The molecule has 0 saturated carbocycles. The first-order valence-electron chi connectivity index (χ1n) is 6.05. The third-order valence-electron chi connectivity index (χ3n) is 2.99. The molecule has 0 spiro atoms. The zero-order chi connectivity index (χ0) is 14.1. The van der Waals surface area contributed by atoms with Gasteiger partial charge in [0, 0.05) is 0 Å². The molecule has 20 heavy (non-hydrogen) atoms. The molecule has 3 N–H and O–H groups in total. The van der Waals surface area contributed by atoms with Crippen molar-refractivity contribution in [3.05, 3.63) is 27.8 Å². The Morgan fingerprint density at radius 1 is 1.45 bits per heavy atom. The fraction of sp³-hybridized carbons (Fsp3) is 0.364. The van der Waals surface area contributed by atoms with Crippen LogP contribution >= 0.6 is 23.2 Å². The number of halogens is 2. The molecule has 2 aromatic rings. The molecule has 7 nitrogen and oxygen atoms in total. The van der Waals surface area contributed by atoms with Gasteiger partial charge >= 0.3 is 6.01 Å². The van der Waals surface area contributed by atoms with Crippen molar-refractivity contribution in [1.82, 2.24) is 20.5 Å². The van der Waals surface area contributed by atoms with Gasteiger partial charge in [-0.05, 0) is 25.5 Å². The normalized spacial score (nSPS) is 18.4. The molecule has 1 saturated heterocycles. The number of H-pyrrole nitrogens is 1. The summed E-state index contributed by atoms with van der Waals surface area (Å²) in [6.07, 6.45) is 2.01. The Morgan fingerprint density at radius 2 is 2.30 bits per heavy atom. The number of amides is 1. The Bertz CT molecular complexity index is 613. The number of nitrogens with zero attached hydrogens (tertiary/aromatic N) is 2. The average Bonchev–Trinajstić information content (AvgIpc) is 3.11. The molecule has 1 fully saturated rings. The van der Waals surface area contributed by atoms with Crippen molar-refractivity contribution >= 4 is 35.1 Å². The van der Waals surface area contributed by atoms with Crippen molar-refractivity contribution in [2.75, 3.05) is 11.9 Å². The van der Waals surface area contributed by atoms with Gasteiger partial charge in [-0.25, -0.2) is 0 Å². The maximum Gasteiger partial charge on any atom is 0.322 e. The molecule has 9 heteroatoms. The predicted octanol–water partition coefficient (Wildman–Crippen LogP) is 2.38. The van der Waals surface area contributed by atoms with Crippen LogP contribution in [0, 0.1) is 0 Å². The second kappa shape index (κ2) is 5.43. The Labute approximate surface area is 124 Å². The number of aromatic amines is 1. The summed E-state index contributed by atoms with van der Waals surface area (Å²) in [4.78, 5) is 14.6. The van der Waals surface area contributed by atoms with Crippen LogP contribution in [-0.4, -0.2) is 27.6 Å². The highest BCUT2D eigenvalue weighted by Crippen LogP contribution is 2.24. The lowest BCUT2D eigenvalue weighted by molar-refractivity contribution is 0.102. The average molecular weight is 316 g/mol. The molecule has 3 rings (SSSR count). The third-order valence-corrected chi connectivity index (χ3v) is 3.68. The SMILES string of the molecule is O=C(Nc1nnc(C2CCCN2)o1)c1cc(Cl)c(Cl)[nH]1. The minimum absolute atomic E-state index is 0.0422. The van der Waals surface area contributed by atoms with Crippen LogP contribution in [-0.2, 0) is 0 Å². The van der Waals surface area contributed by atoms with Crippen LogP contribution in [0.25, 0.3) is 0 Å². The minimum Gasteiger partial charge on any atom is -0.406 e. The standard InChI is InChI=1S/C11H11Cl2N5O2/c12-5-4-7(15-8(5)13)9(19)16-11-18-17-10(20-11)6-2-1-3-14-6/h4,6,14-15H,1-3H2,(H,16,18,19). The highest BCUT2D eigenvalue weighted by molar-refractivity contribution is 6.41. The number of nitrogens with one attached hydrogen (secondary N) is 3. The molecule has 1 aliphatic rings. The second-order valence-electron chi connectivity index (χ2n) is 4.39. The third kappa shape index (κ3) is 2.65. The van der Waals surface area contributed by atoms with E-state index in [-0.39, 0.29) is 27.9 Å². The Balaban J connectivity index is 1.69. The molecule has 3 heterocycles. The molecule has 2 aromatic heterocycles. The molecule has 0 aromatic carbocycles. The van der Waals surface area contributed by atoms with E-state index < -0.39 is 5.91 Å². The van der Waals surface area contributed by atoms with E-state index in [1.54, 1.807) is 0 Å². The van der Waals surface area contributed by atoms with Crippen molar-refractivity contribution in [2.24, 2.45) is 0 Å². The molecule has 1 atom stereocenters. The molecule has 1 unspecified atom stereocenters. The summed E-state index contributed by atoms with van der Waals surface area (Å²) in [6.45, 7) is 0.925. The van der Waals surface area contributed by atoms with Crippen molar-refractivity contribution in [3.8, 4) is 0 Å². The van der Waals surface area contributed by atoms with Gasteiger partial charge in [-0.2, -0.15) is 0 Å². The molecular weight excluding hydrogens is 305 g/mol. The number of hydrogen-bond donors (Lipinski definition) is 3. The minimum atomic E-state index is -0.451. The van der Waals surface area contributed by atoms with Gasteiger partial charge in [0.15, 0.2) is 0 Å². The highest BCUT2D eigenvalue weighted by atomic mass is 35.5. The van der Waals surface area contributed by atoms with Crippen LogP contribution in [0.4, 0.5) is 6.01 Å². The van der Waals surface area contributed by atoms with Gasteiger partial charge in [-0.1, -0.05) is 28.3 Å². The molecule has 0 bridgehead atoms. The van der Waals surface area contributed by atoms with Gasteiger partial charge in [0.25, 0.3) is 5.91 Å². The largest absolute Gasteiger partial charge is 0.406 e. The molecular formula is C11H11Cl2N5O2. The zero-order valence-corrected chi connectivity index (χ0v) is 11.8. The summed E-state index contributed by atoms with van der Waals surface area (Å²) in [7, 11) is 0. The summed E-state index contributed by atoms with van der Waals surface area (Å²) in [5.41, 5.74) is 0.221. The molecule has 1 amide bonds. The lowest BCUT2D eigenvalue weighted by Crippen LogP contribution is -2.13. The summed E-state index contributed by atoms with van der Waals surface area (Å²) in [6, 6.07) is 1.53. The highest BCUT2D eigenvalue weighted by Gasteiger charge is 2.23. The Hall–Kier alpha value is -1.57. The van der Waals surface area contributed by atoms with E-state index in [0.717, 1.165) is 19.4 Å². The van der Waals surface area contributed by atoms with Crippen molar-refractivity contribution in [1.29, 1.82) is 0 Å². The first-order valence-corrected chi connectivity index (χ1v) is 6.81. The van der Waals surface area contributed by atoms with Gasteiger partial charge < -0.3 is 14.7 Å². The maximum absolute atomic E-state index is 11.9. The number of rotatable bonds is 3. The van der Waals surface area contributed by atoms with Gasteiger partial charge in [0.1, 0.15) is 10.8 Å². The Kier molecular flexibility index (Phi) is 3.64. The van der Waals surface area contributed by atoms with E-state index in [4.69, 9.17) is 27.6 Å². The summed E-state index contributed by atoms with van der Waals surface area (Å²) < 4.78 is 5.40. The van der Waals surface area contributed by atoms with E-state index in [1.165, 1.54) is 6.07 Å². The lowest BCUT2D eigenvalue weighted by atomic mass is 10.2. The molecule has 1 aliphatic heterocycles. The van der Waals surface area contributed by atoms with E-state index in [2.05, 4.69) is 25.8 Å². The van der Waals surface area contributed by atoms with Crippen LogP contribution in [0.15, 0.2) is 10.5 Å². The molecule has 0 radical (unpaired) electrons. The predicted molar refractivity (Wildman–Crippen MR) is 73.0 cm³/mol. The molecule has 106 valence electrons. The summed E-state index contributed by atoms with van der Waals surface area (Å²) in [5.74, 6) is 0.0220. The van der Waals surface area contributed by atoms with E-state index in [1.807, 2.05) is 0 Å². The van der Waals surface area contributed by atoms with Crippen molar-refractivity contribution in [3.63, 3.8) is 0 Å². The van der Waals surface area contributed by atoms with Gasteiger partial charge in [-0.15, -0.1) is 5.10 Å². The fourth-order valence-electron chi connectivity index (χ4n) is 2.01. The van der Waals surface area contributed by atoms with Crippen LogP contribution in [0.2, 0.25) is 10.2 Å². The fourth-order valence-corrected chi connectivity index (χ4v) is 2.32. The quantitative estimate of drug-likeness (QED) is 0.808. The number of carbonyl (C=O) groups is 1. The summed E-state index contributed by atoms with van der Waals surface area (Å²) >= 11 is 11.5. The van der Waals surface area contributed by atoms with Crippen LogP contribution in [0.5, 0.6) is 0 Å². The molecule has 0 aliphatic carbocycles. The lowest BCUT2D eigenvalue weighted by Gasteiger charge is -2.02. The number of hydrogen-bond acceptors (Lipinski definition) is 5.